The molecular formula is C16H24BrClN4O3. The van der Waals surface area contributed by atoms with E-state index in [9.17, 15) is 9.90 Å². The molecule has 1 aliphatic carbocycles. The minimum absolute atomic E-state index is 0.124. The largest absolute Gasteiger partial charge is 0.444 e. The van der Waals surface area contributed by atoms with Crippen LogP contribution in [0.1, 0.15) is 40.0 Å². The average molecular weight is 436 g/mol. The summed E-state index contributed by atoms with van der Waals surface area (Å²) in [5, 5.41) is 14.1. The Morgan fingerprint density at radius 2 is 2.16 bits per heavy atom. The van der Waals surface area contributed by atoms with Crippen LogP contribution in [0, 0.1) is 0 Å². The van der Waals surface area contributed by atoms with Crippen LogP contribution >= 0.6 is 27.5 Å². The van der Waals surface area contributed by atoms with Gasteiger partial charge >= 0.3 is 6.09 Å². The van der Waals surface area contributed by atoms with Gasteiger partial charge in [-0.2, -0.15) is 4.98 Å². The Labute approximate surface area is 161 Å². The number of halogens is 2. The highest BCUT2D eigenvalue weighted by atomic mass is 79.9. The second-order valence-electron chi connectivity index (χ2n) is 7.17. The van der Waals surface area contributed by atoms with E-state index >= 15 is 0 Å². The summed E-state index contributed by atoms with van der Waals surface area (Å²) in [6.45, 7) is 5.45. The lowest BCUT2D eigenvalue weighted by Crippen LogP contribution is -2.54. The molecule has 140 valence electrons. The van der Waals surface area contributed by atoms with Gasteiger partial charge in [0.2, 0.25) is 5.28 Å². The van der Waals surface area contributed by atoms with Crippen LogP contribution in [-0.2, 0) is 4.74 Å². The van der Waals surface area contributed by atoms with E-state index < -0.39 is 17.8 Å². The zero-order valence-electron chi connectivity index (χ0n) is 14.8. The number of amides is 1. The Morgan fingerprint density at radius 1 is 1.48 bits per heavy atom. The molecule has 1 fully saturated rings. The molecule has 3 atom stereocenters. The fourth-order valence-electron chi connectivity index (χ4n) is 2.83. The highest BCUT2D eigenvalue weighted by Crippen LogP contribution is 2.29. The van der Waals surface area contributed by atoms with Crippen molar-refractivity contribution >= 4 is 39.4 Å². The minimum atomic E-state index is -0.757. The molecule has 0 aliphatic heterocycles. The highest BCUT2D eigenvalue weighted by molar-refractivity contribution is 9.10. The van der Waals surface area contributed by atoms with Crippen molar-refractivity contribution in [2.24, 2.45) is 0 Å². The second kappa shape index (κ2) is 8.05. The molecule has 2 N–H and O–H groups in total. The topological polar surface area (TPSA) is 87.6 Å². The zero-order valence-corrected chi connectivity index (χ0v) is 17.1. The van der Waals surface area contributed by atoms with Gasteiger partial charge in [0.1, 0.15) is 11.4 Å². The number of aliphatic hydroxyl groups is 1. The van der Waals surface area contributed by atoms with Crippen LogP contribution in [0.2, 0.25) is 5.28 Å². The lowest BCUT2D eigenvalue weighted by atomic mass is 9.87. The number of nitrogens with one attached hydrogen (secondary N) is 1. The number of hydrogen-bond acceptors (Lipinski definition) is 6. The SMILES string of the molecule is CN(C(=O)OC(C)(C)C)[C@H]1CCCC(Nc2nc(Cl)ncc2Br)[C@@H]1O. The van der Waals surface area contributed by atoms with E-state index in [1.54, 1.807) is 13.2 Å². The molecule has 0 radical (unpaired) electrons. The van der Waals surface area contributed by atoms with Gasteiger partial charge in [0.15, 0.2) is 0 Å². The maximum absolute atomic E-state index is 12.3. The van der Waals surface area contributed by atoms with Crippen molar-refractivity contribution in [1.29, 1.82) is 0 Å². The van der Waals surface area contributed by atoms with Crippen molar-refractivity contribution in [1.82, 2.24) is 14.9 Å². The summed E-state index contributed by atoms with van der Waals surface area (Å²) in [6, 6.07) is -0.594. The summed E-state index contributed by atoms with van der Waals surface area (Å²) >= 11 is 9.20. The number of rotatable bonds is 3. The number of carbonyl (C=O) groups is 1. The van der Waals surface area contributed by atoms with Gasteiger partial charge in [-0.25, -0.2) is 9.78 Å². The van der Waals surface area contributed by atoms with E-state index in [-0.39, 0.29) is 17.4 Å². The van der Waals surface area contributed by atoms with Crippen molar-refractivity contribution in [3.63, 3.8) is 0 Å². The minimum Gasteiger partial charge on any atom is -0.444 e. The predicted octanol–water partition coefficient (Wildman–Crippen LogP) is 3.45. The normalized spacial score (nSPS) is 23.9. The lowest BCUT2D eigenvalue weighted by Gasteiger charge is -2.40. The Morgan fingerprint density at radius 3 is 2.80 bits per heavy atom. The first-order valence-electron chi connectivity index (χ1n) is 8.17. The maximum Gasteiger partial charge on any atom is 0.410 e. The van der Waals surface area contributed by atoms with Gasteiger partial charge < -0.3 is 20.1 Å². The molecule has 1 unspecified atom stereocenters. The van der Waals surface area contributed by atoms with Crippen molar-refractivity contribution in [2.75, 3.05) is 12.4 Å². The molecule has 1 saturated carbocycles. The van der Waals surface area contributed by atoms with Crippen molar-refractivity contribution < 1.29 is 14.6 Å². The molecule has 0 aromatic carbocycles. The molecule has 25 heavy (non-hydrogen) atoms. The molecule has 1 heterocycles. The third kappa shape index (κ3) is 5.43. The first-order chi connectivity index (χ1) is 11.6. The molecule has 1 aromatic heterocycles. The molecule has 0 saturated heterocycles. The van der Waals surface area contributed by atoms with E-state index in [0.717, 1.165) is 12.8 Å². The average Bonchev–Trinajstić information content (AvgIpc) is 2.50. The molecule has 1 aromatic rings. The van der Waals surface area contributed by atoms with Gasteiger partial charge in [-0.05, 0) is 67.6 Å². The van der Waals surface area contributed by atoms with E-state index in [1.807, 2.05) is 20.8 Å². The third-order valence-corrected chi connectivity index (χ3v) is 4.80. The second-order valence-corrected chi connectivity index (χ2v) is 8.36. The number of aromatic nitrogens is 2. The van der Waals surface area contributed by atoms with E-state index in [1.165, 1.54) is 4.90 Å². The molecule has 7 nitrogen and oxygen atoms in total. The fraction of sp³-hybridized carbons (Fsp3) is 0.688. The third-order valence-electron chi connectivity index (χ3n) is 4.04. The van der Waals surface area contributed by atoms with Crippen molar-refractivity contribution in [3.8, 4) is 0 Å². The summed E-state index contributed by atoms with van der Waals surface area (Å²) in [4.78, 5) is 21.8. The summed E-state index contributed by atoms with van der Waals surface area (Å²) < 4.78 is 6.06. The molecule has 9 heteroatoms. The van der Waals surface area contributed by atoms with Gasteiger partial charge in [-0.15, -0.1) is 0 Å². The quantitative estimate of drug-likeness (QED) is 0.707. The Bertz CT molecular complexity index is 626. The Hall–Kier alpha value is -1.12. The number of aliphatic hydroxyl groups excluding tert-OH is 1. The Balaban J connectivity index is 2.08. The highest BCUT2D eigenvalue weighted by Gasteiger charge is 2.37. The summed E-state index contributed by atoms with van der Waals surface area (Å²) in [5.74, 6) is 0.518. The standard InChI is InChI=1S/C16H24BrClN4O3/c1-16(2,3)25-15(24)22(4)11-7-5-6-10(12(11)23)20-13-9(17)8-19-14(18)21-13/h8,10-12,23H,5-7H2,1-4H3,(H,19,20,21)/t10?,11-,12-/m0/s1. The number of hydrogen-bond donors (Lipinski definition) is 2. The monoisotopic (exact) mass is 434 g/mol. The van der Waals surface area contributed by atoms with Gasteiger partial charge in [0, 0.05) is 13.2 Å². The lowest BCUT2D eigenvalue weighted by molar-refractivity contribution is -0.0117. The Kier molecular flexibility index (Phi) is 6.51. The van der Waals surface area contributed by atoms with Crippen LogP contribution in [-0.4, -0.2) is 56.9 Å². The molecule has 1 aliphatic rings. The first-order valence-corrected chi connectivity index (χ1v) is 9.34. The van der Waals surface area contributed by atoms with E-state index in [4.69, 9.17) is 16.3 Å². The van der Waals surface area contributed by atoms with Crippen LogP contribution in [0.4, 0.5) is 10.6 Å². The summed E-state index contributed by atoms with van der Waals surface area (Å²) in [5.41, 5.74) is -0.578. The smallest absolute Gasteiger partial charge is 0.410 e. The van der Waals surface area contributed by atoms with Crippen LogP contribution in [0.3, 0.4) is 0 Å². The number of likely N-dealkylation sites (N-methyl/N-ethyl adjacent to an activating group) is 1. The fourth-order valence-corrected chi connectivity index (χ4v) is 3.27. The van der Waals surface area contributed by atoms with E-state index in [2.05, 4.69) is 31.2 Å². The van der Waals surface area contributed by atoms with Gasteiger partial charge in [0.05, 0.1) is 22.7 Å². The predicted molar refractivity (Wildman–Crippen MR) is 99.8 cm³/mol. The van der Waals surface area contributed by atoms with Crippen LogP contribution in [0.15, 0.2) is 10.7 Å². The number of ether oxygens (including phenoxy) is 1. The number of anilines is 1. The van der Waals surface area contributed by atoms with Crippen LogP contribution < -0.4 is 5.32 Å². The summed E-state index contributed by atoms with van der Waals surface area (Å²) in [7, 11) is 1.65. The van der Waals surface area contributed by atoms with Crippen LogP contribution in [0.5, 0.6) is 0 Å². The van der Waals surface area contributed by atoms with Gasteiger partial charge in [-0.3, -0.25) is 0 Å². The van der Waals surface area contributed by atoms with Crippen LogP contribution in [0.25, 0.3) is 0 Å². The molecule has 0 spiro atoms. The van der Waals surface area contributed by atoms with Gasteiger partial charge in [0.25, 0.3) is 0 Å². The van der Waals surface area contributed by atoms with Gasteiger partial charge in [-0.1, -0.05) is 0 Å². The maximum atomic E-state index is 12.3. The number of nitrogens with zero attached hydrogens (tertiary/aromatic N) is 3. The summed E-state index contributed by atoms with van der Waals surface area (Å²) in [6.07, 6.45) is 2.69. The zero-order chi connectivity index (χ0) is 18.8. The van der Waals surface area contributed by atoms with E-state index in [0.29, 0.717) is 16.7 Å². The van der Waals surface area contributed by atoms with Crippen molar-refractivity contribution in [2.45, 2.75) is 63.8 Å². The molecule has 1 amide bonds. The molecule has 0 bridgehead atoms. The number of carbonyl (C=O) groups excluding carboxylic acids is 1. The molecular weight excluding hydrogens is 412 g/mol. The molecule has 2 rings (SSSR count). The first kappa shape index (κ1) is 20.2. The van der Waals surface area contributed by atoms with Crippen molar-refractivity contribution in [3.05, 3.63) is 16.0 Å².